The number of carbonyl (C=O) groups excluding carboxylic acids is 2. The number of aliphatic hydroxyl groups is 1. The first-order chi connectivity index (χ1) is 23.2. The van der Waals surface area contributed by atoms with Gasteiger partial charge < -0.3 is 24.2 Å². The number of hydrogen-bond acceptors (Lipinski definition) is 9. The topological polar surface area (TPSA) is 126 Å². The summed E-state index contributed by atoms with van der Waals surface area (Å²) in [5.41, 5.74) is -2.13. The Balaban J connectivity index is 1.91. The number of likely N-dealkylation sites (tertiary alicyclic amines) is 1. The first-order valence-electron chi connectivity index (χ1n) is 15.4. The van der Waals surface area contributed by atoms with Gasteiger partial charge in [0.15, 0.2) is 11.3 Å². The molecule has 270 valence electrons. The Hall–Kier alpha value is -4.05. The summed E-state index contributed by atoms with van der Waals surface area (Å²) in [5, 5.41) is 11.2. The Morgan fingerprint density at radius 2 is 1.66 bits per heavy atom. The normalized spacial score (nSPS) is 21.3. The molecule has 3 atom stereocenters. The van der Waals surface area contributed by atoms with Crippen molar-refractivity contribution in [3.05, 3.63) is 76.3 Å². The number of likely N-dealkylation sites (N-methyl/N-ethyl adjacent to an activating group) is 1. The maximum atomic E-state index is 15.5. The van der Waals surface area contributed by atoms with Crippen LogP contribution in [0.15, 0.2) is 59.5 Å². The number of aliphatic hydroxyl groups excluding tert-OH is 1. The number of amides is 2. The van der Waals surface area contributed by atoms with E-state index in [9.17, 15) is 31.5 Å². The Kier molecular flexibility index (Phi) is 9.62. The van der Waals surface area contributed by atoms with Crippen LogP contribution < -0.4 is 18.5 Å². The predicted octanol–water partition coefficient (Wildman–Crippen LogP) is 5.06. The molecule has 50 heavy (non-hydrogen) atoms. The van der Waals surface area contributed by atoms with Gasteiger partial charge in [-0.25, -0.2) is 12.7 Å². The van der Waals surface area contributed by atoms with Crippen molar-refractivity contribution in [3.63, 3.8) is 0 Å². The van der Waals surface area contributed by atoms with E-state index < -0.39 is 61.9 Å². The van der Waals surface area contributed by atoms with Crippen LogP contribution in [0.2, 0.25) is 5.02 Å². The summed E-state index contributed by atoms with van der Waals surface area (Å²) in [6.07, 6.45) is -6.56. The van der Waals surface area contributed by atoms with Crippen LogP contribution in [0.1, 0.15) is 43.9 Å². The second kappa shape index (κ2) is 12.9. The van der Waals surface area contributed by atoms with Crippen LogP contribution in [0.25, 0.3) is 0 Å². The van der Waals surface area contributed by atoms with Crippen LogP contribution in [-0.2, 0) is 30.6 Å². The number of alkyl halides is 3. The van der Waals surface area contributed by atoms with Crippen LogP contribution in [0, 0.1) is 0 Å². The summed E-state index contributed by atoms with van der Waals surface area (Å²) in [6.45, 7) is 5.50. The van der Waals surface area contributed by atoms with Crippen molar-refractivity contribution in [1.82, 2.24) is 9.80 Å². The maximum absolute atomic E-state index is 15.5. The van der Waals surface area contributed by atoms with Crippen molar-refractivity contribution in [3.8, 4) is 17.2 Å². The monoisotopic (exact) mass is 739 g/mol. The summed E-state index contributed by atoms with van der Waals surface area (Å²) in [7, 11) is 0.295. The first-order valence-corrected chi connectivity index (χ1v) is 17.2. The average Bonchev–Trinajstić information content (AvgIpc) is 3.53. The van der Waals surface area contributed by atoms with Gasteiger partial charge >= 0.3 is 6.36 Å². The largest absolute Gasteiger partial charge is 0.573 e. The number of rotatable bonds is 8. The number of fused-ring (bicyclic) bond motifs is 1. The second-order valence-electron chi connectivity index (χ2n) is 13.3. The highest BCUT2D eigenvalue weighted by Gasteiger charge is 2.64. The van der Waals surface area contributed by atoms with Gasteiger partial charge in [0, 0.05) is 42.9 Å². The number of hydrogen-bond donors (Lipinski definition) is 1. The minimum absolute atomic E-state index is 0.000363. The summed E-state index contributed by atoms with van der Waals surface area (Å²) in [6, 6.07) is 10.6. The molecule has 2 aliphatic rings. The minimum Gasteiger partial charge on any atom is -0.497 e. The van der Waals surface area contributed by atoms with E-state index in [0.717, 1.165) is 18.2 Å². The summed E-state index contributed by atoms with van der Waals surface area (Å²) in [5.74, 6) is -2.79. The third kappa shape index (κ3) is 6.24. The fourth-order valence-electron chi connectivity index (χ4n) is 6.58. The number of benzene rings is 3. The fraction of sp³-hybridized carbons (Fsp3) is 0.412. The lowest BCUT2D eigenvalue weighted by molar-refractivity contribution is -0.275. The van der Waals surface area contributed by atoms with Gasteiger partial charge in [-0.3, -0.25) is 14.5 Å². The number of methoxy groups -OCH3 is 2. The van der Waals surface area contributed by atoms with Crippen LogP contribution >= 0.6 is 11.6 Å². The number of β-amino-alcohol motifs (C(OH)–C–C–N with tert-alkyl or cyclic N) is 1. The molecule has 2 amide bonds. The second-order valence-corrected chi connectivity index (χ2v) is 15.5. The highest BCUT2D eigenvalue weighted by molar-refractivity contribution is 7.93. The van der Waals surface area contributed by atoms with E-state index in [1.165, 1.54) is 56.3 Å². The standard InChI is InChI=1S/C34H37ClF3N3O8S/c1-32(2,3)19-8-12-27(48-7)24(14-19)33(40-18-21(42)16-26(40)30(43)39(4)5)23-15-20(35)9-11-25(23)41(31(33)44)50(45,46)29-13-10-22(47-6)17-28(29)49-34(36,37)38/h8-15,17,21,26,42H,16,18H2,1-7H3/t21-,26+,33?/m1/s1. The smallest absolute Gasteiger partial charge is 0.497 e. The predicted molar refractivity (Wildman–Crippen MR) is 178 cm³/mol. The molecule has 1 N–H and O–H groups in total. The van der Waals surface area contributed by atoms with E-state index >= 15 is 4.79 Å². The molecule has 0 aromatic heterocycles. The Morgan fingerprint density at radius 3 is 2.24 bits per heavy atom. The SMILES string of the molecule is COc1ccc(S(=O)(=O)N2C(=O)C(c3cc(C(C)(C)C)ccc3OC)(N3C[C@H](O)C[C@H]3C(=O)N(C)C)c3cc(Cl)ccc32)c(OC(F)(F)F)c1. The lowest BCUT2D eigenvalue weighted by Gasteiger charge is -2.42. The third-order valence-electron chi connectivity index (χ3n) is 8.85. The van der Waals surface area contributed by atoms with Crippen molar-refractivity contribution < 1.29 is 50.5 Å². The lowest BCUT2D eigenvalue weighted by Crippen LogP contribution is -2.59. The molecule has 3 aromatic rings. The molecule has 16 heteroatoms. The van der Waals surface area contributed by atoms with Gasteiger partial charge in [-0.2, -0.15) is 0 Å². The summed E-state index contributed by atoms with van der Waals surface area (Å²) >= 11 is 6.55. The maximum Gasteiger partial charge on any atom is 0.573 e. The van der Waals surface area contributed by atoms with Gasteiger partial charge in [-0.1, -0.05) is 38.4 Å². The Bertz CT molecular complexity index is 1950. The Labute approximate surface area is 293 Å². The highest BCUT2D eigenvalue weighted by Crippen LogP contribution is 2.56. The number of sulfonamides is 1. The zero-order valence-corrected chi connectivity index (χ0v) is 29.9. The van der Waals surface area contributed by atoms with E-state index in [0.29, 0.717) is 9.87 Å². The van der Waals surface area contributed by atoms with Gasteiger partial charge in [0.1, 0.15) is 16.4 Å². The zero-order chi connectivity index (χ0) is 37.1. The van der Waals surface area contributed by atoms with Crippen molar-refractivity contribution in [2.75, 3.05) is 39.2 Å². The minimum atomic E-state index is -5.31. The number of anilines is 1. The molecule has 0 spiro atoms. The molecular formula is C34H37ClF3N3O8S. The molecule has 0 aliphatic carbocycles. The number of ether oxygens (including phenoxy) is 3. The van der Waals surface area contributed by atoms with Crippen LogP contribution in [0.5, 0.6) is 17.2 Å². The first kappa shape index (κ1) is 37.2. The van der Waals surface area contributed by atoms with Crippen molar-refractivity contribution >= 4 is 39.1 Å². The number of carbonyl (C=O) groups is 2. The van der Waals surface area contributed by atoms with Gasteiger partial charge in [0.05, 0.1) is 32.1 Å². The zero-order valence-electron chi connectivity index (χ0n) is 28.3. The van der Waals surface area contributed by atoms with Crippen LogP contribution in [0.4, 0.5) is 18.9 Å². The van der Waals surface area contributed by atoms with Crippen molar-refractivity contribution in [1.29, 1.82) is 0 Å². The van der Waals surface area contributed by atoms with Crippen molar-refractivity contribution in [2.24, 2.45) is 0 Å². The van der Waals surface area contributed by atoms with Crippen molar-refractivity contribution in [2.45, 2.75) is 61.5 Å². The van der Waals surface area contributed by atoms with Gasteiger partial charge in [0.25, 0.3) is 15.9 Å². The molecule has 0 saturated carbocycles. The van der Waals surface area contributed by atoms with Gasteiger partial charge in [-0.15, -0.1) is 13.2 Å². The molecule has 1 saturated heterocycles. The van der Waals surface area contributed by atoms with E-state index in [1.807, 2.05) is 20.8 Å². The number of nitrogens with zero attached hydrogens (tertiary/aromatic N) is 3. The van der Waals surface area contributed by atoms with Crippen LogP contribution in [0.3, 0.4) is 0 Å². The molecule has 11 nitrogen and oxygen atoms in total. The Morgan fingerprint density at radius 1 is 0.980 bits per heavy atom. The van der Waals surface area contributed by atoms with E-state index in [4.69, 9.17) is 21.1 Å². The number of halogens is 4. The van der Waals surface area contributed by atoms with E-state index in [2.05, 4.69) is 4.74 Å². The van der Waals surface area contributed by atoms with Gasteiger partial charge in [-0.05, 0) is 59.9 Å². The lowest BCUT2D eigenvalue weighted by atomic mass is 9.77. The molecule has 5 rings (SSSR count). The summed E-state index contributed by atoms with van der Waals surface area (Å²) in [4.78, 5) is 31.0. The average molecular weight is 740 g/mol. The van der Waals surface area contributed by atoms with Crippen LogP contribution in [-0.4, -0.2) is 88.5 Å². The highest BCUT2D eigenvalue weighted by atomic mass is 35.5. The molecule has 2 heterocycles. The fourth-order valence-corrected chi connectivity index (χ4v) is 8.32. The van der Waals surface area contributed by atoms with E-state index in [1.54, 1.807) is 18.2 Å². The molecule has 0 bridgehead atoms. The van der Waals surface area contributed by atoms with Gasteiger partial charge in [0.2, 0.25) is 5.91 Å². The quantitative estimate of drug-likeness (QED) is 0.338. The molecule has 1 unspecified atom stereocenters. The summed E-state index contributed by atoms with van der Waals surface area (Å²) < 4.78 is 85.7. The molecule has 1 fully saturated rings. The molecule has 2 aliphatic heterocycles. The third-order valence-corrected chi connectivity index (χ3v) is 10.8. The molecular weight excluding hydrogens is 703 g/mol. The molecule has 3 aromatic carbocycles. The molecule has 0 radical (unpaired) electrons. The van der Waals surface area contributed by atoms with E-state index in [-0.39, 0.29) is 46.3 Å².